The third-order valence-electron chi connectivity index (χ3n) is 4.40. The molecule has 0 unspecified atom stereocenters. The maximum absolute atomic E-state index is 12.2. The third-order valence-corrected chi connectivity index (χ3v) is 4.40. The van der Waals surface area contributed by atoms with Crippen molar-refractivity contribution in [3.8, 4) is 0 Å². The van der Waals surface area contributed by atoms with Crippen LogP contribution >= 0.6 is 0 Å². The first-order valence-corrected chi connectivity index (χ1v) is 8.08. The number of rotatable bonds is 4. The molecule has 0 aliphatic carbocycles. The van der Waals surface area contributed by atoms with Gasteiger partial charge in [-0.15, -0.1) is 0 Å². The zero-order chi connectivity index (χ0) is 17.1. The molecular weight excluding hydrogens is 310 g/mol. The highest BCUT2D eigenvalue weighted by molar-refractivity contribution is 5.91. The Kier molecular flexibility index (Phi) is 4.69. The maximum Gasteiger partial charge on any atom is 0.289 e. The highest BCUT2D eigenvalue weighted by atomic mass is 16.5. The monoisotopic (exact) mass is 331 g/mol. The number of aryl methyl sites for hydroxylation is 2. The van der Waals surface area contributed by atoms with Gasteiger partial charge in [0.25, 0.3) is 5.91 Å². The summed E-state index contributed by atoms with van der Waals surface area (Å²) in [7, 11) is 0. The Bertz CT molecular complexity index is 693. The van der Waals surface area contributed by atoms with Crippen molar-refractivity contribution in [2.45, 2.75) is 39.2 Å². The number of hydrogen-bond acceptors (Lipinski definition) is 5. The molecule has 1 aliphatic rings. The highest BCUT2D eigenvalue weighted by Gasteiger charge is 2.26. The van der Waals surface area contributed by atoms with Crippen LogP contribution in [0.15, 0.2) is 27.3 Å². The van der Waals surface area contributed by atoms with Crippen molar-refractivity contribution < 1.29 is 18.5 Å². The number of aromatic nitrogens is 1. The SMILES string of the molecule is Cc1noc(C)c1CC(=O)NC1CCN(C(=O)c2ccco2)CC1. The number of nitrogens with zero attached hydrogens (tertiary/aromatic N) is 2. The molecule has 1 fully saturated rings. The number of carbonyl (C=O) groups excluding carboxylic acids is 2. The van der Waals surface area contributed by atoms with Gasteiger partial charge in [-0.05, 0) is 38.8 Å². The zero-order valence-electron chi connectivity index (χ0n) is 13.9. The van der Waals surface area contributed by atoms with E-state index in [4.69, 9.17) is 8.94 Å². The van der Waals surface area contributed by atoms with E-state index in [0.29, 0.717) is 24.6 Å². The van der Waals surface area contributed by atoms with Crippen molar-refractivity contribution in [2.24, 2.45) is 0 Å². The van der Waals surface area contributed by atoms with Crippen molar-refractivity contribution in [1.29, 1.82) is 0 Å². The second kappa shape index (κ2) is 6.90. The molecule has 2 amide bonds. The van der Waals surface area contributed by atoms with E-state index in [0.717, 1.165) is 24.1 Å². The molecule has 2 aromatic heterocycles. The molecule has 0 radical (unpaired) electrons. The topological polar surface area (TPSA) is 88.6 Å². The number of carbonyl (C=O) groups is 2. The number of piperidine rings is 1. The van der Waals surface area contributed by atoms with E-state index in [1.54, 1.807) is 24.0 Å². The van der Waals surface area contributed by atoms with Crippen LogP contribution in [0.5, 0.6) is 0 Å². The van der Waals surface area contributed by atoms with Crippen molar-refractivity contribution >= 4 is 11.8 Å². The summed E-state index contributed by atoms with van der Waals surface area (Å²) in [5.41, 5.74) is 1.60. The van der Waals surface area contributed by atoms with Crippen molar-refractivity contribution in [2.75, 3.05) is 13.1 Å². The van der Waals surface area contributed by atoms with Gasteiger partial charge >= 0.3 is 0 Å². The van der Waals surface area contributed by atoms with Crippen molar-refractivity contribution in [3.63, 3.8) is 0 Å². The number of furan rings is 1. The maximum atomic E-state index is 12.2. The van der Waals surface area contributed by atoms with Gasteiger partial charge in [0, 0.05) is 24.7 Å². The smallest absolute Gasteiger partial charge is 0.289 e. The quantitative estimate of drug-likeness (QED) is 0.923. The molecule has 1 N–H and O–H groups in total. The fourth-order valence-corrected chi connectivity index (χ4v) is 2.98. The Labute approximate surface area is 140 Å². The first kappa shape index (κ1) is 16.3. The summed E-state index contributed by atoms with van der Waals surface area (Å²) in [4.78, 5) is 26.2. The van der Waals surface area contributed by atoms with Gasteiger partial charge in [0.05, 0.1) is 18.4 Å². The Hall–Kier alpha value is -2.57. The molecule has 7 nitrogen and oxygen atoms in total. The predicted molar refractivity (Wildman–Crippen MR) is 85.5 cm³/mol. The molecule has 1 saturated heterocycles. The standard InChI is InChI=1S/C17H21N3O4/c1-11-14(12(2)24-19-11)10-16(21)18-13-5-7-20(8-6-13)17(22)15-4-3-9-23-15/h3-4,9,13H,5-8,10H2,1-2H3,(H,18,21). The summed E-state index contributed by atoms with van der Waals surface area (Å²) in [5.74, 6) is 0.901. The molecule has 128 valence electrons. The molecule has 0 saturated carbocycles. The minimum Gasteiger partial charge on any atom is -0.459 e. The first-order valence-electron chi connectivity index (χ1n) is 8.08. The van der Waals surface area contributed by atoms with Crippen LogP contribution in [0.4, 0.5) is 0 Å². The Balaban J connectivity index is 1.48. The number of nitrogens with one attached hydrogen (secondary N) is 1. The summed E-state index contributed by atoms with van der Waals surface area (Å²) in [6.45, 7) is 4.85. The number of hydrogen-bond donors (Lipinski definition) is 1. The van der Waals surface area contributed by atoms with Gasteiger partial charge in [-0.3, -0.25) is 9.59 Å². The molecule has 24 heavy (non-hydrogen) atoms. The van der Waals surface area contributed by atoms with Crippen LogP contribution in [0, 0.1) is 13.8 Å². The van der Waals surface area contributed by atoms with Gasteiger partial charge in [0.15, 0.2) is 5.76 Å². The number of likely N-dealkylation sites (tertiary alicyclic amines) is 1. The first-order chi connectivity index (χ1) is 11.5. The lowest BCUT2D eigenvalue weighted by atomic mass is 10.0. The molecule has 0 aromatic carbocycles. The van der Waals surface area contributed by atoms with Crippen LogP contribution in [0.1, 0.15) is 40.4 Å². The molecule has 0 spiro atoms. The van der Waals surface area contributed by atoms with Crippen LogP contribution in [0.25, 0.3) is 0 Å². The van der Waals surface area contributed by atoms with E-state index in [9.17, 15) is 9.59 Å². The van der Waals surface area contributed by atoms with Crippen LogP contribution in [0.2, 0.25) is 0 Å². The van der Waals surface area contributed by atoms with Gasteiger partial charge in [0.2, 0.25) is 5.91 Å². The normalized spacial score (nSPS) is 15.5. The Morgan fingerprint density at radius 3 is 2.67 bits per heavy atom. The molecular formula is C17H21N3O4. The molecule has 1 aliphatic heterocycles. The third kappa shape index (κ3) is 3.50. The van der Waals surface area contributed by atoms with E-state index >= 15 is 0 Å². The summed E-state index contributed by atoms with van der Waals surface area (Å²) < 4.78 is 10.2. The summed E-state index contributed by atoms with van der Waals surface area (Å²) >= 11 is 0. The van der Waals surface area contributed by atoms with E-state index in [-0.39, 0.29) is 24.3 Å². The molecule has 0 atom stereocenters. The summed E-state index contributed by atoms with van der Waals surface area (Å²) in [6.07, 6.45) is 3.24. The Morgan fingerprint density at radius 1 is 1.33 bits per heavy atom. The average Bonchev–Trinajstić information content (AvgIpc) is 3.21. The van der Waals surface area contributed by atoms with Crippen molar-refractivity contribution in [1.82, 2.24) is 15.4 Å². The number of amides is 2. The Morgan fingerprint density at radius 2 is 2.08 bits per heavy atom. The molecule has 3 rings (SSSR count). The predicted octanol–water partition coefficient (Wildman–Crippen LogP) is 1.85. The second-order valence-electron chi connectivity index (χ2n) is 6.09. The molecule has 2 aromatic rings. The lowest BCUT2D eigenvalue weighted by Crippen LogP contribution is -2.46. The fourth-order valence-electron chi connectivity index (χ4n) is 2.98. The van der Waals surface area contributed by atoms with E-state index in [1.165, 1.54) is 6.26 Å². The molecule has 7 heteroatoms. The van der Waals surface area contributed by atoms with Gasteiger partial charge in [0.1, 0.15) is 5.76 Å². The minimum atomic E-state index is -0.0968. The van der Waals surface area contributed by atoms with E-state index in [1.807, 2.05) is 6.92 Å². The molecule has 3 heterocycles. The lowest BCUT2D eigenvalue weighted by molar-refractivity contribution is -0.121. The van der Waals surface area contributed by atoms with Crippen LogP contribution in [-0.4, -0.2) is 41.0 Å². The van der Waals surface area contributed by atoms with Gasteiger partial charge < -0.3 is 19.2 Å². The van der Waals surface area contributed by atoms with Crippen LogP contribution in [0.3, 0.4) is 0 Å². The molecule has 0 bridgehead atoms. The summed E-state index contributed by atoms with van der Waals surface area (Å²) in [6, 6.07) is 3.45. The summed E-state index contributed by atoms with van der Waals surface area (Å²) in [5, 5.41) is 6.90. The van der Waals surface area contributed by atoms with Gasteiger partial charge in [-0.1, -0.05) is 5.16 Å². The van der Waals surface area contributed by atoms with Crippen LogP contribution < -0.4 is 5.32 Å². The van der Waals surface area contributed by atoms with E-state index < -0.39 is 0 Å². The lowest BCUT2D eigenvalue weighted by Gasteiger charge is -2.31. The van der Waals surface area contributed by atoms with Gasteiger partial charge in [-0.25, -0.2) is 0 Å². The zero-order valence-corrected chi connectivity index (χ0v) is 13.9. The van der Waals surface area contributed by atoms with Gasteiger partial charge in [-0.2, -0.15) is 0 Å². The minimum absolute atomic E-state index is 0.0415. The van der Waals surface area contributed by atoms with E-state index in [2.05, 4.69) is 10.5 Å². The largest absolute Gasteiger partial charge is 0.459 e. The second-order valence-corrected chi connectivity index (χ2v) is 6.09. The average molecular weight is 331 g/mol. The highest BCUT2D eigenvalue weighted by Crippen LogP contribution is 2.16. The van der Waals surface area contributed by atoms with Crippen LogP contribution in [-0.2, 0) is 11.2 Å². The van der Waals surface area contributed by atoms with Crippen molar-refractivity contribution in [3.05, 3.63) is 41.2 Å². The fraction of sp³-hybridized carbons (Fsp3) is 0.471.